The highest BCUT2D eigenvalue weighted by Crippen LogP contribution is 2.35. The fourth-order valence-corrected chi connectivity index (χ4v) is 5.91. The molecule has 5 rings (SSSR count). The number of hydrogen-bond acceptors (Lipinski definition) is 7. The van der Waals surface area contributed by atoms with Crippen LogP contribution in [0.5, 0.6) is 5.88 Å². The Bertz CT molecular complexity index is 1070. The zero-order chi connectivity index (χ0) is 25.7. The van der Waals surface area contributed by atoms with E-state index < -0.39 is 12.0 Å². The molecule has 0 spiro atoms. The summed E-state index contributed by atoms with van der Waals surface area (Å²) < 4.78 is 11.3. The van der Waals surface area contributed by atoms with Gasteiger partial charge in [-0.05, 0) is 75.5 Å². The molecule has 1 N–H and O–H groups in total. The van der Waals surface area contributed by atoms with Crippen molar-refractivity contribution >= 4 is 5.97 Å². The smallest absolute Gasteiger partial charge is 0.325 e. The van der Waals surface area contributed by atoms with Crippen molar-refractivity contribution in [3.8, 4) is 5.88 Å². The van der Waals surface area contributed by atoms with Gasteiger partial charge in [0, 0.05) is 29.5 Å². The first-order valence-electron chi connectivity index (χ1n) is 14.0. The second-order valence-electron chi connectivity index (χ2n) is 11.5. The van der Waals surface area contributed by atoms with E-state index in [1.807, 2.05) is 0 Å². The van der Waals surface area contributed by atoms with E-state index in [-0.39, 0.29) is 5.41 Å². The minimum absolute atomic E-state index is 0.0460. The Balaban J connectivity index is 1.09. The Labute approximate surface area is 219 Å². The summed E-state index contributed by atoms with van der Waals surface area (Å²) in [6.07, 6.45) is 14.6. The maximum absolute atomic E-state index is 12.4. The van der Waals surface area contributed by atoms with Gasteiger partial charge in [-0.2, -0.15) is 0 Å². The number of fused-ring (bicyclic) bond motifs is 1. The molecule has 3 aliphatic rings. The first-order valence-corrected chi connectivity index (χ1v) is 14.0. The fourth-order valence-electron chi connectivity index (χ4n) is 5.91. The van der Waals surface area contributed by atoms with E-state index in [4.69, 9.17) is 14.5 Å². The van der Waals surface area contributed by atoms with Gasteiger partial charge in [0.15, 0.2) is 0 Å². The third-order valence-electron chi connectivity index (χ3n) is 8.15. The Morgan fingerprint density at radius 1 is 1.24 bits per heavy atom. The Kier molecular flexibility index (Phi) is 8.35. The molecule has 1 unspecified atom stereocenters. The number of carbonyl (C=O) groups is 1. The third-order valence-corrected chi connectivity index (χ3v) is 8.15. The number of aliphatic carboxylic acids is 1. The number of likely N-dealkylation sites (tertiary alicyclic amines) is 1. The molecule has 2 fully saturated rings. The number of pyridine rings is 1. The number of aryl methyl sites for hydroxylation is 3. The maximum atomic E-state index is 12.4. The maximum Gasteiger partial charge on any atom is 0.325 e. The molecule has 2 atom stereocenters. The summed E-state index contributed by atoms with van der Waals surface area (Å²) in [6.45, 7) is 5.39. The molecule has 8 nitrogen and oxygen atoms in total. The highest BCUT2D eigenvalue weighted by atomic mass is 16.5. The molecule has 37 heavy (non-hydrogen) atoms. The highest BCUT2D eigenvalue weighted by Gasteiger charge is 2.38. The molecule has 200 valence electrons. The lowest BCUT2D eigenvalue weighted by Crippen LogP contribution is -2.44. The van der Waals surface area contributed by atoms with Crippen molar-refractivity contribution in [2.45, 2.75) is 77.2 Å². The van der Waals surface area contributed by atoms with Crippen LogP contribution < -0.4 is 4.74 Å². The average Bonchev–Trinajstić information content (AvgIpc) is 3.35. The van der Waals surface area contributed by atoms with Crippen molar-refractivity contribution in [2.24, 2.45) is 11.3 Å². The van der Waals surface area contributed by atoms with Gasteiger partial charge < -0.3 is 14.6 Å². The number of hydrogen-bond donors (Lipinski definition) is 1. The summed E-state index contributed by atoms with van der Waals surface area (Å²) in [5, 5.41) is 10.1. The molecule has 2 saturated heterocycles. The molecular weight excluding hydrogens is 468 g/mol. The van der Waals surface area contributed by atoms with Crippen LogP contribution >= 0.6 is 0 Å². The van der Waals surface area contributed by atoms with E-state index in [9.17, 15) is 9.90 Å². The van der Waals surface area contributed by atoms with Gasteiger partial charge in [-0.1, -0.05) is 25.8 Å². The van der Waals surface area contributed by atoms with E-state index in [1.165, 1.54) is 55.4 Å². The molecule has 2 aromatic heterocycles. The molecule has 0 aromatic carbocycles. The number of aromatic nitrogens is 3. The first kappa shape index (κ1) is 26.0. The van der Waals surface area contributed by atoms with Gasteiger partial charge in [0.05, 0.1) is 25.4 Å². The number of carboxylic acid groups (broad SMARTS) is 1. The monoisotopic (exact) mass is 508 g/mol. The molecule has 0 amide bonds. The van der Waals surface area contributed by atoms with Crippen LogP contribution in [0.4, 0.5) is 0 Å². The largest absolute Gasteiger partial charge is 0.480 e. The number of nitrogens with zero attached hydrogens (tertiary/aromatic N) is 4. The van der Waals surface area contributed by atoms with Crippen LogP contribution in [0.1, 0.15) is 80.4 Å². The van der Waals surface area contributed by atoms with E-state index in [1.54, 1.807) is 6.20 Å². The van der Waals surface area contributed by atoms with E-state index in [0.29, 0.717) is 37.2 Å². The lowest BCUT2D eigenvalue weighted by molar-refractivity contribution is -0.143. The van der Waals surface area contributed by atoms with Gasteiger partial charge in [0.2, 0.25) is 5.88 Å². The van der Waals surface area contributed by atoms with Gasteiger partial charge in [-0.25, -0.2) is 9.97 Å². The zero-order valence-corrected chi connectivity index (χ0v) is 22.0. The molecule has 2 aliphatic heterocycles. The minimum atomic E-state index is -0.879. The Morgan fingerprint density at radius 2 is 2.11 bits per heavy atom. The number of ether oxygens (including phenoxy) is 2. The highest BCUT2D eigenvalue weighted by molar-refractivity contribution is 5.76. The van der Waals surface area contributed by atoms with Crippen LogP contribution in [0.3, 0.4) is 0 Å². The molecular formula is C29H40N4O4. The SMILES string of the molecule is CC1(COc2ncncc2C(C(=O)O)N2CC[C@@H](CCCCCc3ccc4c(n3)CCCC4)C2)COC1. The van der Waals surface area contributed by atoms with Gasteiger partial charge in [-0.3, -0.25) is 14.7 Å². The van der Waals surface area contributed by atoms with Crippen LogP contribution in [0.25, 0.3) is 0 Å². The molecule has 8 heteroatoms. The van der Waals surface area contributed by atoms with E-state index in [0.717, 1.165) is 45.2 Å². The standard InChI is InChI=1S/C29H40N4O4/c1-29(17-36-18-29)19-37-27-24(15-30-20-31-27)26(28(34)35)33-14-13-21(16-33)7-3-2-4-9-23-12-11-22-8-5-6-10-25(22)32-23/h11-12,15,20-21,26H,2-10,13-14,16-19H2,1H3,(H,34,35)/t21-,26?/m1/s1. The second kappa shape index (κ2) is 11.9. The molecule has 2 aromatic rings. The van der Waals surface area contributed by atoms with Crippen LogP contribution in [0, 0.1) is 11.3 Å². The summed E-state index contributed by atoms with van der Waals surface area (Å²) >= 11 is 0. The lowest BCUT2D eigenvalue weighted by atomic mass is 9.90. The van der Waals surface area contributed by atoms with Crippen molar-refractivity contribution in [3.63, 3.8) is 0 Å². The van der Waals surface area contributed by atoms with Gasteiger partial charge in [0.25, 0.3) is 0 Å². The minimum Gasteiger partial charge on any atom is -0.480 e. The third kappa shape index (κ3) is 6.47. The van der Waals surface area contributed by atoms with Crippen LogP contribution in [0.2, 0.25) is 0 Å². The molecule has 0 bridgehead atoms. The summed E-state index contributed by atoms with van der Waals surface area (Å²) in [4.78, 5) is 27.7. The first-order chi connectivity index (χ1) is 18.0. The zero-order valence-electron chi connectivity index (χ0n) is 22.0. The van der Waals surface area contributed by atoms with E-state index in [2.05, 4.69) is 33.9 Å². The Hall–Kier alpha value is -2.58. The molecule has 0 saturated carbocycles. The molecule has 0 radical (unpaired) electrons. The summed E-state index contributed by atoms with van der Waals surface area (Å²) in [6, 6.07) is 3.72. The number of unbranched alkanes of at least 4 members (excludes halogenated alkanes) is 2. The van der Waals surface area contributed by atoms with E-state index >= 15 is 0 Å². The van der Waals surface area contributed by atoms with Crippen LogP contribution in [0.15, 0.2) is 24.7 Å². The topological polar surface area (TPSA) is 97.7 Å². The summed E-state index contributed by atoms with van der Waals surface area (Å²) in [5.74, 6) is 0.00885. The van der Waals surface area contributed by atoms with Crippen molar-refractivity contribution in [1.29, 1.82) is 0 Å². The second-order valence-corrected chi connectivity index (χ2v) is 11.5. The van der Waals surface area contributed by atoms with Crippen molar-refractivity contribution in [2.75, 3.05) is 32.9 Å². The summed E-state index contributed by atoms with van der Waals surface area (Å²) in [7, 11) is 0. The fraction of sp³-hybridized carbons (Fsp3) is 0.655. The predicted molar refractivity (Wildman–Crippen MR) is 140 cm³/mol. The van der Waals surface area contributed by atoms with Crippen molar-refractivity contribution in [3.05, 3.63) is 47.2 Å². The Morgan fingerprint density at radius 3 is 2.92 bits per heavy atom. The molecule has 1 aliphatic carbocycles. The summed E-state index contributed by atoms with van der Waals surface area (Å²) in [5.41, 5.74) is 4.50. The van der Waals surface area contributed by atoms with Crippen LogP contribution in [-0.4, -0.2) is 63.8 Å². The molecule has 4 heterocycles. The van der Waals surface area contributed by atoms with Gasteiger partial charge in [-0.15, -0.1) is 0 Å². The number of carboxylic acids is 1. The van der Waals surface area contributed by atoms with Crippen molar-refractivity contribution < 1.29 is 19.4 Å². The van der Waals surface area contributed by atoms with Crippen LogP contribution in [-0.2, 0) is 28.8 Å². The predicted octanol–water partition coefficient (Wildman–Crippen LogP) is 4.42. The average molecular weight is 509 g/mol. The lowest BCUT2D eigenvalue weighted by Gasteiger charge is -2.37. The van der Waals surface area contributed by atoms with Gasteiger partial charge in [0.1, 0.15) is 12.4 Å². The normalized spacial score (nSPS) is 21.7. The van der Waals surface area contributed by atoms with Crippen molar-refractivity contribution in [1.82, 2.24) is 19.9 Å². The quantitative estimate of drug-likeness (QED) is 0.421. The van der Waals surface area contributed by atoms with Gasteiger partial charge >= 0.3 is 5.97 Å². The number of rotatable bonds is 12.